The van der Waals surface area contributed by atoms with Crippen LogP contribution in [0.4, 0.5) is 0 Å². The largest absolute Gasteiger partial charge is 0.486 e. The zero-order valence-corrected chi connectivity index (χ0v) is 12.8. The number of nitrogens with two attached hydrogens (primary N) is 1. The van der Waals surface area contributed by atoms with E-state index in [0.717, 1.165) is 11.3 Å². The van der Waals surface area contributed by atoms with Crippen LogP contribution in [0.15, 0.2) is 30.7 Å². The summed E-state index contributed by atoms with van der Waals surface area (Å²) in [5, 5.41) is 0.579. The predicted octanol–water partition coefficient (Wildman–Crippen LogP) is 3.72. The Bertz CT molecular complexity index is 578. The fourth-order valence-corrected chi connectivity index (χ4v) is 2.22. The molecule has 1 atom stereocenters. The minimum Gasteiger partial charge on any atom is -0.486 e. The number of hydrogen-bond acceptors (Lipinski definition) is 3. The van der Waals surface area contributed by atoms with Gasteiger partial charge in [0.2, 0.25) is 0 Å². The number of nitrogens with zero attached hydrogens (tertiary/aromatic N) is 2. The van der Waals surface area contributed by atoms with Gasteiger partial charge in [-0.15, -0.1) is 0 Å². The van der Waals surface area contributed by atoms with E-state index in [-0.39, 0.29) is 6.04 Å². The van der Waals surface area contributed by atoms with Crippen molar-refractivity contribution in [3.63, 3.8) is 0 Å². The summed E-state index contributed by atoms with van der Waals surface area (Å²) < 4.78 is 7.85. The molecular weight excluding hydrogens is 274 g/mol. The van der Waals surface area contributed by atoms with Crippen LogP contribution in [0.25, 0.3) is 0 Å². The Labute approximate surface area is 124 Å². The van der Waals surface area contributed by atoms with Crippen molar-refractivity contribution in [1.29, 1.82) is 0 Å². The SMILES string of the molecule is CC(C)n1cncc1COc1ccc([C@@H](C)N)cc1Cl. The molecule has 0 aliphatic heterocycles. The van der Waals surface area contributed by atoms with Gasteiger partial charge in [0.1, 0.15) is 12.4 Å². The molecule has 20 heavy (non-hydrogen) atoms. The minimum atomic E-state index is -0.0380. The third-order valence-electron chi connectivity index (χ3n) is 3.16. The summed E-state index contributed by atoms with van der Waals surface area (Å²) in [5.74, 6) is 0.660. The van der Waals surface area contributed by atoms with Crippen LogP contribution in [-0.4, -0.2) is 9.55 Å². The Morgan fingerprint density at radius 2 is 2.10 bits per heavy atom. The summed E-state index contributed by atoms with van der Waals surface area (Å²) in [5.41, 5.74) is 7.84. The summed E-state index contributed by atoms with van der Waals surface area (Å²) >= 11 is 6.21. The van der Waals surface area contributed by atoms with E-state index in [0.29, 0.717) is 23.4 Å². The lowest BCUT2D eigenvalue weighted by atomic mass is 10.1. The molecule has 5 heteroatoms. The van der Waals surface area contributed by atoms with Gasteiger partial charge in [0, 0.05) is 12.1 Å². The van der Waals surface area contributed by atoms with Crippen molar-refractivity contribution in [2.45, 2.75) is 39.5 Å². The predicted molar refractivity (Wildman–Crippen MR) is 81.0 cm³/mol. The Morgan fingerprint density at radius 1 is 1.35 bits per heavy atom. The third-order valence-corrected chi connectivity index (χ3v) is 3.46. The lowest BCUT2D eigenvalue weighted by Gasteiger charge is -2.14. The monoisotopic (exact) mass is 293 g/mol. The molecule has 0 fully saturated rings. The lowest BCUT2D eigenvalue weighted by molar-refractivity contribution is 0.292. The summed E-state index contributed by atoms with van der Waals surface area (Å²) in [6.45, 7) is 6.58. The Balaban J connectivity index is 2.09. The van der Waals surface area contributed by atoms with E-state index < -0.39 is 0 Å². The fraction of sp³-hybridized carbons (Fsp3) is 0.400. The Kier molecular flexibility index (Phi) is 4.68. The normalized spacial score (nSPS) is 12.7. The molecule has 108 valence electrons. The van der Waals surface area contributed by atoms with Gasteiger partial charge in [0.05, 0.1) is 23.2 Å². The van der Waals surface area contributed by atoms with Crippen molar-refractivity contribution >= 4 is 11.6 Å². The van der Waals surface area contributed by atoms with Crippen LogP contribution >= 0.6 is 11.6 Å². The van der Waals surface area contributed by atoms with Gasteiger partial charge in [0.15, 0.2) is 0 Å². The molecule has 2 aromatic rings. The molecule has 0 unspecified atom stereocenters. The highest BCUT2D eigenvalue weighted by Crippen LogP contribution is 2.28. The molecule has 0 amide bonds. The first-order valence-corrected chi connectivity index (χ1v) is 7.05. The zero-order valence-electron chi connectivity index (χ0n) is 12.0. The number of aromatic nitrogens is 2. The maximum Gasteiger partial charge on any atom is 0.138 e. The molecule has 0 saturated heterocycles. The van der Waals surface area contributed by atoms with E-state index in [4.69, 9.17) is 22.1 Å². The van der Waals surface area contributed by atoms with Crippen molar-refractivity contribution < 1.29 is 4.74 Å². The van der Waals surface area contributed by atoms with Crippen LogP contribution in [0.2, 0.25) is 5.02 Å². The molecule has 1 aromatic carbocycles. The highest BCUT2D eigenvalue weighted by atomic mass is 35.5. The number of halogens is 1. The zero-order chi connectivity index (χ0) is 14.7. The van der Waals surface area contributed by atoms with Gasteiger partial charge in [0.25, 0.3) is 0 Å². The second-order valence-electron chi connectivity index (χ2n) is 5.15. The fourth-order valence-electron chi connectivity index (χ4n) is 1.98. The average molecular weight is 294 g/mol. The molecule has 0 bridgehead atoms. The topological polar surface area (TPSA) is 53.1 Å². The summed E-state index contributed by atoms with van der Waals surface area (Å²) in [6, 6.07) is 5.96. The highest BCUT2D eigenvalue weighted by molar-refractivity contribution is 6.32. The first-order chi connectivity index (χ1) is 9.49. The van der Waals surface area contributed by atoms with Gasteiger partial charge < -0.3 is 15.0 Å². The van der Waals surface area contributed by atoms with Crippen LogP contribution in [-0.2, 0) is 6.61 Å². The lowest BCUT2D eigenvalue weighted by Crippen LogP contribution is -2.08. The second kappa shape index (κ2) is 6.29. The van der Waals surface area contributed by atoms with Crippen molar-refractivity contribution in [3.05, 3.63) is 47.0 Å². The van der Waals surface area contributed by atoms with Gasteiger partial charge in [-0.2, -0.15) is 0 Å². The maximum absolute atomic E-state index is 6.21. The van der Waals surface area contributed by atoms with E-state index in [1.165, 1.54) is 0 Å². The van der Waals surface area contributed by atoms with Crippen LogP contribution in [0, 0.1) is 0 Å². The number of rotatable bonds is 5. The summed E-state index contributed by atoms with van der Waals surface area (Å²) in [6.07, 6.45) is 3.62. The maximum atomic E-state index is 6.21. The molecule has 2 N–H and O–H groups in total. The highest BCUT2D eigenvalue weighted by Gasteiger charge is 2.09. The summed E-state index contributed by atoms with van der Waals surface area (Å²) in [4.78, 5) is 4.15. The van der Waals surface area contributed by atoms with Crippen LogP contribution in [0.5, 0.6) is 5.75 Å². The van der Waals surface area contributed by atoms with E-state index >= 15 is 0 Å². The molecule has 0 saturated carbocycles. The smallest absolute Gasteiger partial charge is 0.138 e. The van der Waals surface area contributed by atoms with Crippen LogP contribution in [0.3, 0.4) is 0 Å². The van der Waals surface area contributed by atoms with Crippen molar-refractivity contribution in [2.24, 2.45) is 5.73 Å². The molecule has 1 heterocycles. The van der Waals surface area contributed by atoms with E-state index in [1.807, 2.05) is 37.6 Å². The van der Waals surface area contributed by atoms with E-state index in [1.54, 1.807) is 0 Å². The van der Waals surface area contributed by atoms with Gasteiger partial charge >= 0.3 is 0 Å². The van der Waals surface area contributed by atoms with Gasteiger partial charge in [-0.05, 0) is 38.5 Å². The first kappa shape index (κ1) is 14.9. The van der Waals surface area contributed by atoms with Crippen molar-refractivity contribution in [1.82, 2.24) is 9.55 Å². The minimum absolute atomic E-state index is 0.0380. The average Bonchev–Trinajstić information content (AvgIpc) is 2.85. The Hall–Kier alpha value is -1.52. The van der Waals surface area contributed by atoms with Crippen LogP contribution in [0.1, 0.15) is 44.1 Å². The second-order valence-corrected chi connectivity index (χ2v) is 5.56. The molecule has 0 aliphatic rings. The summed E-state index contributed by atoms with van der Waals surface area (Å²) in [7, 11) is 0. The van der Waals surface area contributed by atoms with Crippen molar-refractivity contribution in [2.75, 3.05) is 0 Å². The van der Waals surface area contributed by atoms with Gasteiger partial charge in [-0.25, -0.2) is 4.98 Å². The van der Waals surface area contributed by atoms with Gasteiger partial charge in [-0.3, -0.25) is 0 Å². The molecule has 0 radical (unpaired) electrons. The molecule has 0 spiro atoms. The number of hydrogen-bond donors (Lipinski definition) is 1. The third kappa shape index (κ3) is 3.32. The number of ether oxygens (including phenoxy) is 1. The molecule has 1 aromatic heterocycles. The molecule has 4 nitrogen and oxygen atoms in total. The quantitative estimate of drug-likeness (QED) is 0.914. The molecule has 2 rings (SSSR count). The van der Waals surface area contributed by atoms with E-state index in [2.05, 4.69) is 23.4 Å². The van der Waals surface area contributed by atoms with Crippen LogP contribution < -0.4 is 10.5 Å². The standard InChI is InChI=1S/C15H20ClN3O/c1-10(2)19-9-18-7-13(19)8-20-15-5-4-12(11(3)17)6-14(15)16/h4-7,9-11H,8,17H2,1-3H3/t11-/m1/s1. The van der Waals surface area contributed by atoms with E-state index in [9.17, 15) is 0 Å². The van der Waals surface area contributed by atoms with Gasteiger partial charge in [-0.1, -0.05) is 17.7 Å². The Morgan fingerprint density at radius 3 is 2.70 bits per heavy atom. The van der Waals surface area contributed by atoms with Crippen molar-refractivity contribution in [3.8, 4) is 5.75 Å². The molecule has 0 aliphatic carbocycles. The number of imidazole rings is 1. The number of benzene rings is 1. The first-order valence-electron chi connectivity index (χ1n) is 6.67. The molecular formula is C15H20ClN3O.